The molecule has 0 radical (unpaired) electrons. The number of benzene rings is 2. The summed E-state index contributed by atoms with van der Waals surface area (Å²) in [5, 5.41) is 11.4. The Hall–Kier alpha value is -2.42. The van der Waals surface area contributed by atoms with Gasteiger partial charge in [0.25, 0.3) is 0 Å². The molecular weight excluding hydrogens is 410 g/mol. The van der Waals surface area contributed by atoms with Crippen molar-refractivity contribution in [3.63, 3.8) is 0 Å². The van der Waals surface area contributed by atoms with Crippen molar-refractivity contribution in [3.8, 4) is 5.75 Å². The van der Waals surface area contributed by atoms with Crippen LogP contribution < -0.4 is 4.74 Å². The van der Waals surface area contributed by atoms with E-state index in [0.717, 1.165) is 22.5 Å². The minimum absolute atomic E-state index is 0.0705. The molecule has 1 aliphatic heterocycles. The second-order valence-corrected chi connectivity index (χ2v) is 8.26. The summed E-state index contributed by atoms with van der Waals surface area (Å²) in [6, 6.07) is 13.4. The molecular formula is C21H21NO5S2. The molecule has 0 aliphatic carbocycles. The molecule has 1 saturated heterocycles. The fraction of sp³-hybridized carbons (Fsp3) is 0.286. The van der Waals surface area contributed by atoms with Crippen LogP contribution in [0, 0.1) is 5.92 Å². The van der Waals surface area contributed by atoms with Gasteiger partial charge in [-0.3, -0.25) is 9.59 Å². The number of likely N-dealkylation sites (tertiary alicyclic amines) is 1. The molecule has 0 saturated carbocycles. The lowest BCUT2D eigenvalue weighted by molar-refractivity contribution is -0.164. The van der Waals surface area contributed by atoms with Gasteiger partial charge in [0.1, 0.15) is 24.3 Å². The number of esters is 1. The van der Waals surface area contributed by atoms with Gasteiger partial charge in [-0.15, -0.1) is 0 Å². The first-order valence-corrected chi connectivity index (χ1v) is 10.3. The number of aliphatic hydroxyl groups excluding tert-OH is 1. The number of amides is 1. The van der Waals surface area contributed by atoms with E-state index < -0.39 is 23.4 Å². The van der Waals surface area contributed by atoms with Gasteiger partial charge < -0.3 is 19.5 Å². The van der Waals surface area contributed by atoms with Gasteiger partial charge in [-0.2, -0.15) is 0 Å². The molecule has 1 heterocycles. The lowest BCUT2D eigenvalue weighted by atomic mass is 9.93. The Balaban J connectivity index is 1.70. The third kappa shape index (κ3) is 4.77. The Morgan fingerprint density at radius 3 is 2.79 bits per heavy atom. The standard InChI is InChI=1S/C21H21NO5S2/c1-3-11-26-17(24)12-22-19(25)18(13(2)23)20(22)29-21(28)27-16-10-6-8-14-7-4-5-9-15(14)16/h3-10,13,18,20,23H,1,11-12H2,2H3/t13?,18-,20+/m0/s1. The molecule has 1 fully saturated rings. The summed E-state index contributed by atoms with van der Waals surface area (Å²) in [6.07, 6.45) is 0.578. The number of ether oxygens (including phenoxy) is 2. The normalized spacial score (nSPS) is 19.4. The van der Waals surface area contributed by atoms with Crippen molar-refractivity contribution in [3.05, 3.63) is 55.1 Å². The van der Waals surface area contributed by atoms with E-state index in [2.05, 4.69) is 6.58 Å². The smallest absolute Gasteiger partial charge is 0.325 e. The molecule has 0 aromatic heterocycles. The van der Waals surface area contributed by atoms with E-state index in [1.54, 1.807) is 0 Å². The average Bonchev–Trinajstić information content (AvgIpc) is 2.70. The van der Waals surface area contributed by atoms with Crippen LogP contribution in [0.1, 0.15) is 6.92 Å². The van der Waals surface area contributed by atoms with Gasteiger partial charge in [0.2, 0.25) is 10.3 Å². The quantitative estimate of drug-likeness (QED) is 0.312. The minimum atomic E-state index is -0.874. The molecule has 1 aliphatic rings. The predicted octanol–water partition coefficient (Wildman–Crippen LogP) is 3.13. The molecule has 0 spiro atoms. The van der Waals surface area contributed by atoms with E-state index in [-0.39, 0.29) is 23.4 Å². The van der Waals surface area contributed by atoms with E-state index in [9.17, 15) is 14.7 Å². The molecule has 1 N–H and O–H groups in total. The first-order chi connectivity index (χ1) is 13.9. The van der Waals surface area contributed by atoms with Gasteiger partial charge in [0.05, 0.1) is 12.0 Å². The van der Waals surface area contributed by atoms with E-state index >= 15 is 0 Å². The second-order valence-electron chi connectivity index (χ2n) is 6.54. The number of thioether (sulfide) groups is 1. The average molecular weight is 432 g/mol. The Labute approximate surface area is 178 Å². The largest absolute Gasteiger partial charge is 0.460 e. The summed E-state index contributed by atoms with van der Waals surface area (Å²) in [6.45, 7) is 4.88. The van der Waals surface area contributed by atoms with Crippen LogP contribution in [0.4, 0.5) is 0 Å². The lowest BCUT2D eigenvalue weighted by Crippen LogP contribution is -2.64. The van der Waals surface area contributed by atoms with Gasteiger partial charge in [-0.1, -0.05) is 60.8 Å². The van der Waals surface area contributed by atoms with E-state index in [0.29, 0.717) is 5.75 Å². The summed E-state index contributed by atoms with van der Waals surface area (Å²) in [5.74, 6) is -0.923. The van der Waals surface area contributed by atoms with E-state index in [4.69, 9.17) is 21.7 Å². The van der Waals surface area contributed by atoms with Crippen LogP contribution >= 0.6 is 24.0 Å². The molecule has 152 valence electrons. The van der Waals surface area contributed by atoms with E-state index in [1.807, 2.05) is 42.5 Å². The molecule has 1 unspecified atom stereocenters. The Bertz CT molecular complexity index is 940. The highest BCUT2D eigenvalue weighted by Gasteiger charge is 2.51. The maximum absolute atomic E-state index is 12.4. The highest BCUT2D eigenvalue weighted by Crippen LogP contribution is 2.39. The first-order valence-electron chi connectivity index (χ1n) is 9.03. The van der Waals surface area contributed by atoms with Crippen LogP contribution in [0.2, 0.25) is 0 Å². The Morgan fingerprint density at radius 2 is 2.07 bits per heavy atom. The zero-order valence-electron chi connectivity index (χ0n) is 15.8. The van der Waals surface area contributed by atoms with Crippen molar-refractivity contribution in [1.29, 1.82) is 0 Å². The number of thiocarbonyl (C=S) groups is 1. The molecule has 8 heteroatoms. The molecule has 2 aromatic rings. The topological polar surface area (TPSA) is 76.1 Å². The number of hydrogen-bond acceptors (Lipinski definition) is 7. The molecule has 29 heavy (non-hydrogen) atoms. The van der Waals surface area contributed by atoms with Crippen LogP contribution in [0.15, 0.2) is 55.1 Å². The number of fused-ring (bicyclic) bond motifs is 1. The van der Waals surface area contributed by atoms with Crippen molar-refractivity contribution >= 4 is 51.0 Å². The Kier molecular flexibility index (Phi) is 6.89. The van der Waals surface area contributed by atoms with Crippen LogP contribution in [0.3, 0.4) is 0 Å². The van der Waals surface area contributed by atoms with Gasteiger partial charge in [0.15, 0.2) is 0 Å². The lowest BCUT2D eigenvalue weighted by Gasteiger charge is -2.46. The molecule has 6 nitrogen and oxygen atoms in total. The van der Waals surface area contributed by atoms with Gasteiger partial charge >= 0.3 is 5.97 Å². The summed E-state index contributed by atoms with van der Waals surface area (Å²) in [4.78, 5) is 25.6. The number of aliphatic hydroxyl groups is 1. The second kappa shape index (κ2) is 9.39. The number of carbonyl (C=O) groups excluding carboxylic acids is 2. The zero-order chi connectivity index (χ0) is 21.0. The van der Waals surface area contributed by atoms with Crippen LogP contribution in [0.25, 0.3) is 10.8 Å². The molecule has 0 bridgehead atoms. The number of carbonyl (C=O) groups is 2. The number of nitrogens with zero attached hydrogens (tertiary/aromatic N) is 1. The molecule has 3 atom stereocenters. The van der Waals surface area contributed by atoms with Crippen LogP contribution in [-0.4, -0.2) is 50.9 Å². The van der Waals surface area contributed by atoms with Crippen LogP contribution in [-0.2, 0) is 14.3 Å². The summed E-state index contributed by atoms with van der Waals surface area (Å²) >= 11 is 6.51. The fourth-order valence-corrected chi connectivity index (χ4v) is 4.65. The molecule has 2 aromatic carbocycles. The summed E-state index contributed by atoms with van der Waals surface area (Å²) in [7, 11) is 0. The summed E-state index contributed by atoms with van der Waals surface area (Å²) in [5.41, 5.74) is 0. The maximum Gasteiger partial charge on any atom is 0.325 e. The predicted molar refractivity (Wildman–Crippen MR) is 117 cm³/mol. The number of β-lactam (4-membered cyclic amide) rings is 1. The van der Waals surface area contributed by atoms with Crippen molar-refractivity contribution < 1.29 is 24.2 Å². The highest BCUT2D eigenvalue weighted by molar-refractivity contribution is 8.23. The highest BCUT2D eigenvalue weighted by atomic mass is 32.2. The SMILES string of the molecule is C=CCOC(=O)CN1C(=O)[C@H](C(C)O)[C@H]1SC(=S)Oc1cccc2ccccc12. The van der Waals surface area contributed by atoms with Gasteiger partial charge in [-0.05, 0) is 30.6 Å². The third-order valence-corrected chi connectivity index (χ3v) is 5.96. The fourth-order valence-electron chi connectivity index (χ4n) is 3.13. The molecule has 1 amide bonds. The van der Waals surface area contributed by atoms with Crippen molar-refractivity contribution in [1.82, 2.24) is 4.90 Å². The third-order valence-electron chi connectivity index (χ3n) is 4.52. The first kappa shape index (κ1) is 21.3. The Morgan fingerprint density at radius 1 is 1.34 bits per heavy atom. The van der Waals surface area contributed by atoms with Gasteiger partial charge in [0, 0.05) is 5.39 Å². The number of hydrogen-bond donors (Lipinski definition) is 1. The summed E-state index contributed by atoms with van der Waals surface area (Å²) < 4.78 is 11.0. The maximum atomic E-state index is 12.4. The van der Waals surface area contributed by atoms with Gasteiger partial charge in [-0.25, -0.2) is 0 Å². The van der Waals surface area contributed by atoms with Crippen molar-refractivity contribution in [2.45, 2.75) is 18.4 Å². The van der Waals surface area contributed by atoms with Crippen LogP contribution in [0.5, 0.6) is 5.75 Å². The monoisotopic (exact) mass is 431 g/mol. The van der Waals surface area contributed by atoms with Crippen molar-refractivity contribution in [2.75, 3.05) is 13.2 Å². The van der Waals surface area contributed by atoms with E-state index in [1.165, 1.54) is 17.9 Å². The minimum Gasteiger partial charge on any atom is -0.460 e. The molecule has 3 rings (SSSR count). The number of rotatable bonds is 7. The zero-order valence-corrected chi connectivity index (χ0v) is 17.4. The van der Waals surface area contributed by atoms with Crippen molar-refractivity contribution in [2.24, 2.45) is 5.92 Å².